The second-order valence-electron chi connectivity index (χ2n) is 4.96. The van der Waals surface area contributed by atoms with Crippen molar-refractivity contribution < 1.29 is 9.13 Å². The van der Waals surface area contributed by atoms with Crippen LogP contribution in [0.25, 0.3) is 0 Å². The van der Waals surface area contributed by atoms with Gasteiger partial charge >= 0.3 is 0 Å². The number of aromatic nitrogens is 1. The van der Waals surface area contributed by atoms with Crippen LogP contribution in [0.4, 0.5) is 4.39 Å². The first-order chi connectivity index (χ1) is 10.2. The zero-order valence-corrected chi connectivity index (χ0v) is 12.5. The minimum atomic E-state index is -0.335. The van der Waals surface area contributed by atoms with Gasteiger partial charge in [-0.05, 0) is 38.1 Å². The summed E-state index contributed by atoms with van der Waals surface area (Å²) in [5.41, 5.74) is 2.55. The molecule has 2 aromatic rings. The molecule has 0 spiro atoms. The highest BCUT2D eigenvalue weighted by Gasteiger charge is 2.10. The molecule has 1 N–H and O–H groups in total. The van der Waals surface area contributed by atoms with Crippen molar-refractivity contribution in [3.8, 4) is 5.75 Å². The summed E-state index contributed by atoms with van der Waals surface area (Å²) in [5, 5.41) is 3.26. The first kappa shape index (κ1) is 15.4. The normalized spacial score (nSPS) is 10.6. The Bertz CT molecular complexity index is 587. The quantitative estimate of drug-likeness (QED) is 0.790. The number of rotatable bonds is 7. The molecule has 0 saturated carbocycles. The van der Waals surface area contributed by atoms with Crippen molar-refractivity contribution in [2.45, 2.75) is 33.4 Å². The molecule has 21 heavy (non-hydrogen) atoms. The minimum absolute atomic E-state index is 0.267. The molecule has 0 bridgehead atoms. The van der Waals surface area contributed by atoms with Crippen LogP contribution in [0.2, 0.25) is 0 Å². The zero-order valence-electron chi connectivity index (χ0n) is 12.5. The first-order valence-corrected chi connectivity index (χ1v) is 7.24. The maximum Gasteiger partial charge on any atom is 0.165 e. The number of benzene rings is 1. The van der Waals surface area contributed by atoms with Crippen LogP contribution in [-0.4, -0.2) is 11.5 Å². The molecular formula is C17H21FN2O. The summed E-state index contributed by atoms with van der Waals surface area (Å²) >= 11 is 0. The number of hydrogen-bond donors (Lipinski definition) is 1. The van der Waals surface area contributed by atoms with E-state index < -0.39 is 0 Å². The Balaban J connectivity index is 2.07. The molecular weight excluding hydrogens is 267 g/mol. The van der Waals surface area contributed by atoms with Crippen molar-refractivity contribution in [1.82, 2.24) is 10.3 Å². The molecule has 4 heteroatoms. The molecule has 0 atom stereocenters. The Morgan fingerprint density at radius 1 is 1.19 bits per heavy atom. The molecule has 1 aromatic carbocycles. The molecule has 0 aliphatic carbocycles. The van der Waals surface area contributed by atoms with E-state index in [4.69, 9.17) is 4.74 Å². The molecule has 112 valence electrons. The fourth-order valence-corrected chi connectivity index (χ4v) is 2.08. The Labute approximate surface area is 125 Å². The van der Waals surface area contributed by atoms with Gasteiger partial charge in [-0.15, -0.1) is 0 Å². The molecule has 0 saturated heterocycles. The summed E-state index contributed by atoms with van der Waals surface area (Å²) < 4.78 is 19.6. The van der Waals surface area contributed by atoms with Crippen LogP contribution in [0.5, 0.6) is 5.75 Å². The SMILES string of the molecule is CCCNCc1cccc(F)c1OCc1cccc(C)n1. The lowest BCUT2D eigenvalue weighted by molar-refractivity contribution is 0.281. The number of halogens is 1. The van der Waals surface area contributed by atoms with E-state index in [9.17, 15) is 4.39 Å². The van der Waals surface area contributed by atoms with Crippen molar-refractivity contribution in [3.05, 3.63) is 59.2 Å². The summed E-state index contributed by atoms with van der Waals surface area (Å²) in [6.45, 7) is 5.78. The van der Waals surface area contributed by atoms with E-state index in [1.165, 1.54) is 6.07 Å². The third-order valence-electron chi connectivity index (χ3n) is 3.10. The van der Waals surface area contributed by atoms with Crippen molar-refractivity contribution in [2.75, 3.05) is 6.54 Å². The molecule has 0 amide bonds. The molecule has 0 aliphatic rings. The number of para-hydroxylation sites is 1. The summed E-state index contributed by atoms with van der Waals surface area (Å²) in [5.74, 6) is -0.0251. The number of nitrogens with one attached hydrogen (secondary N) is 1. The van der Waals surface area contributed by atoms with E-state index in [-0.39, 0.29) is 12.4 Å². The summed E-state index contributed by atoms with van der Waals surface area (Å²) in [6.07, 6.45) is 1.04. The van der Waals surface area contributed by atoms with Crippen LogP contribution in [0.3, 0.4) is 0 Å². The summed E-state index contributed by atoms with van der Waals surface area (Å²) in [6, 6.07) is 10.7. The van der Waals surface area contributed by atoms with Gasteiger partial charge in [-0.1, -0.05) is 25.1 Å². The number of ether oxygens (including phenoxy) is 1. The fraction of sp³-hybridized carbons (Fsp3) is 0.353. The van der Waals surface area contributed by atoms with Gasteiger partial charge in [0.05, 0.1) is 5.69 Å². The van der Waals surface area contributed by atoms with Gasteiger partial charge in [0, 0.05) is 17.8 Å². The highest BCUT2D eigenvalue weighted by Crippen LogP contribution is 2.23. The molecule has 0 fully saturated rings. The van der Waals surface area contributed by atoms with E-state index in [1.54, 1.807) is 6.07 Å². The van der Waals surface area contributed by atoms with Gasteiger partial charge in [-0.25, -0.2) is 4.39 Å². The zero-order chi connectivity index (χ0) is 15.1. The standard InChI is InChI=1S/C17H21FN2O/c1-3-10-19-11-14-7-5-9-16(18)17(14)21-12-15-8-4-6-13(2)20-15/h4-9,19H,3,10-12H2,1-2H3. The second-order valence-corrected chi connectivity index (χ2v) is 4.96. The van der Waals surface area contributed by atoms with E-state index in [1.807, 2.05) is 31.2 Å². The van der Waals surface area contributed by atoms with Crippen LogP contribution in [0.15, 0.2) is 36.4 Å². The number of aryl methyl sites for hydroxylation is 1. The largest absolute Gasteiger partial charge is 0.484 e. The Hall–Kier alpha value is -1.94. The van der Waals surface area contributed by atoms with Gasteiger partial charge in [-0.3, -0.25) is 4.98 Å². The van der Waals surface area contributed by atoms with E-state index in [2.05, 4.69) is 17.2 Å². The maximum atomic E-state index is 14.0. The molecule has 1 aromatic heterocycles. The third-order valence-corrected chi connectivity index (χ3v) is 3.10. The van der Waals surface area contributed by atoms with E-state index in [0.29, 0.717) is 12.3 Å². The average molecular weight is 288 g/mol. The second kappa shape index (κ2) is 7.74. The molecule has 0 unspecified atom stereocenters. The molecule has 3 nitrogen and oxygen atoms in total. The van der Waals surface area contributed by atoms with Crippen molar-refractivity contribution in [3.63, 3.8) is 0 Å². The fourth-order valence-electron chi connectivity index (χ4n) is 2.08. The molecule has 2 rings (SSSR count). The maximum absolute atomic E-state index is 14.0. The van der Waals surface area contributed by atoms with E-state index >= 15 is 0 Å². The first-order valence-electron chi connectivity index (χ1n) is 7.24. The number of pyridine rings is 1. The monoisotopic (exact) mass is 288 g/mol. The van der Waals surface area contributed by atoms with Crippen LogP contribution >= 0.6 is 0 Å². The Kier molecular flexibility index (Phi) is 5.69. The molecule has 0 aliphatic heterocycles. The third kappa shape index (κ3) is 4.53. The number of nitrogens with zero attached hydrogens (tertiary/aromatic N) is 1. The van der Waals surface area contributed by atoms with Gasteiger partial charge < -0.3 is 10.1 Å². The highest BCUT2D eigenvalue weighted by molar-refractivity contribution is 5.35. The van der Waals surface area contributed by atoms with Gasteiger partial charge in [0.1, 0.15) is 6.61 Å². The van der Waals surface area contributed by atoms with Crippen LogP contribution in [0.1, 0.15) is 30.3 Å². The highest BCUT2D eigenvalue weighted by atomic mass is 19.1. The van der Waals surface area contributed by atoms with E-state index in [0.717, 1.165) is 29.9 Å². The minimum Gasteiger partial charge on any atom is -0.484 e. The van der Waals surface area contributed by atoms with Crippen LogP contribution in [-0.2, 0) is 13.2 Å². The average Bonchev–Trinajstić information content (AvgIpc) is 2.47. The Morgan fingerprint density at radius 3 is 2.76 bits per heavy atom. The lowest BCUT2D eigenvalue weighted by Crippen LogP contribution is -2.15. The van der Waals surface area contributed by atoms with Gasteiger partial charge in [0.15, 0.2) is 11.6 Å². The predicted octanol–water partition coefficient (Wildman–Crippen LogP) is 3.61. The summed E-state index contributed by atoms with van der Waals surface area (Å²) in [4.78, 5) is 4.36. The smallest absolute Gasteiger partial charge is 0.165 e. The summed E-state index contributed by atoms with van der Waals surface area (Å²) in [7, 11) is 0. The van der Waals surface area contributed by atoms with Crippen LogP contribution < -0.4 is 10.1 Å². The van der Waals surface area contributed by atoms with Crippen LogP contribution in [0, 0.1) is 12.7 Å². The van der Waals surface area contributed by atoms with Crippen molar-refractivity contribution >= 4 is 0 Å². The lowest BCUT2D eigenvalue weighted by atomic mass is 10.2. The van der Waals surface area contributed by atoms with Gasteiger partial charge in [0.2, 0.25) is 0 Å². The predicted molar refractivity (Wildman–Crippen MR) is 81.7 cm³/mol. The Morgan fingerprint density at radius 2 is 2.00 bits per heavy atom. The topological polar surface area (TPSA) is 34.1 Å². The number of hydrogen-bond acceptors (Lipinski definition) is 3. The lowest BCUT2D eigenvalue weighted by Gasteiger charge is -2.13. The molecule has 1 heterocycles. The van der Waals surface area contributed by atoms with Crippen molar-refractivity contribution in [2.24, 2.45) is 0 Å². The van der Waals surface area contributed by atoms with Gasteiger partial charge in [0.25, 0.3) is 0 Å². The van der Waals surface area contributed by atoms with Crippen molar-refractivity contribution in [1.29, 1.82) is 0 Å². The molecule has 0 radical (unpaired) electrons. The van der Waals surface area contributed by atoms with Gasteiger partial charge in [-0.2, -0.15) is 0 Å².